The van der Waals surface area contributed by atoms with Crippen molar-refractivity contribution in [1.82, 2.24) is 4.57 Å². The van der Waals surface area contributed by atoms with Crippen molar-refractivity contribution in [2.45, 2.75) is 47.1 Å². The molecule has 1 aliphatic heterocycles. The van der Waals surface area contributed by atoms with Gasteiger partial charge in [0.15, 0.2) is 11.6 Å². The first-order valence-electron chi connectivity index (χ1n) is 12.6. The summed E-state index contributed by atoms with van der Waals surface area (Å²) < 4.78 is 51.5. The molecule has 3 aromatic rings. The molecular formula is C27H35N4O6PS. The normalized spacial score (nSPS) is 17.3. The maximum Gasteiger partial charge on any atom is 0.348 e. The number of benzene rings is 2. The number of rotatable bonds is 9. The molecule has 0 amide bonds. The van der Waals surface area contributed by atoms with Gasteiger partial charge < -0.3 is 24.6 Å². The van der Waals surface area contributed by atoms with Crippen molar-refractivity contribution in [3.05, 3.63) is 65.4 Å². The number of aromatic nitrogens is 1. The Balaban J connectivity index is 1.84. The van der Waals surface area contributed by atoms with Gasteiger partial charge >= 0.3 is 7.52 Å². The fraction of sp³-hybridized carbons (Fsp3) is 0.370. The Morgan fingerprint density at radius 1 is 1.13 bits per heavy atom. The molecule has 0 bridgehead atoms. The molecule has 0 saturated carbocycles. The summed E-state index contributed by atoms with van der Waals surface area (Å²) in [6.45, 7) is 8.48. The van der Waals surface area contributed by atoms with E-state index in [-0.39, 0.29) is 46.0 Å². The average Bonchev–Trinajstić information content (AvgIpc) is 3.06. The van der Waals surface area contributed by atoms with E-state index in [0.29, 0.717) is 24.3 Å². The second-order valence-electron chi connectivity index (χ2n) is 10.7. The first kappa shape index (κ1) is 28.7. The lowest BCUT2D eigenvalue weighted by molar-refractivity contribution is 0.328. The summed E-state index contributed by atoms with van der Waals surface area (Å²) in [7, 11) is -7.48. The molecule has 10 nitrogen and oxygen atoms in total. The summed E-state index contributed by atoms with van der Waals surface area (Å²) >= 11 is 0. The SMILES string of the molecule is CCOP1(=O)N=C(c2c(O)c(Cc3ccccc3)n(CCC(C)(C)C)c2O)Nc2ccc(NS(C)(=O)=O)cc21. The van der Waals surface area contributed by atoms with Crippen LogP contribution in [0.5, 0.6) is 11.6 Å². The maximum absolute atomic E-state index is 14.0. The molecule has 0 radical (unpaired) electrons. The van der Waals surface area contributed by atoms with Crippen LogP contribution in [-0.4, -0.2) is 41.9 Å². The van der Waals surface area contributed by atoms with Gasteiger partial charge in [0, 0.05) is 18.7 Å². The molecule has 2 aromatic carbocycles. The van der Waals surface area contributed by atoms with Crippen molar-refractivity contribution in [1.29, 1.82) is 0 Å². The fourth-order valence-electron chi connectivity index (χ4n) is 4.39. The predicted octanol–water partition coefficient (Wildman–Crippen LogP) is 5.03. The molecule has 0 saturated heterocycles. The standard InChI is InChI=1S/C27H35N4O6PS/c1-6-37-38(34)22-17-19(30-39(5,35)36)12-13-20(22)28-25(29-38)23-24(32)21(16-18-10-8-7-9-11-18)31(26(23)33)15-14-27(2,3)4/h7-13,17,30,32-33H,6,14-16H2,1-5H3,(H,28,29,34). The molecule has 2 heterocycles. The number of nitrogens with one attached hydrogen (secondary N) is 2. The molecular weight excluding hydrogens is 539 g/mol. The number of hydrogen-bond acceptors (Lipinski definition) is 7. The minimum absolute atomic E-state index is 0.00178. The highest BCUT2D eigenvalue weighted by Gasteiger charge is 2.37. The van der Waals surface area contributed by atoms with Crippen LogP contribution in [0, 0.1) is 5.41 Å². The zero-order valence-corrected chi connectivity index (χ0v) is 24.4. The van der Waals surface area contributed by atoms with Crippen LogP contribution in [0.25, 0.3) is 0 Å². The Bertz CT molecular complexity index is 1560. The number of anilines is 2. The highest BCUT2D eigenvalue weighted by atomic mass is 32.2. The topological polar surface area (TPSA) is 142 Å². The van der Waals surface area contributed by atoms with E-state index in [4.69, 9.17) is 4.52 Å². The lowest BCUT2D eigenvalue weighted by Gasteiger charge is -2.25. The van der Waals surface area contributed by atoms with Crippen LogP contribution in [0.3, 0.4) is 0 Å². The first-order valence-corrected chi connectivity index (χ1v) is 16.1. The van der Waals surface area contributed by atoms with Crippen LogP contribution >= 0.6 is 7.52 Å². The van der Waals surface area contributed by atoms with E-state index >= 15 is 0 Å². The van der Waals surface area contributed by atoms with E-state index < -0.39 is 17.5 Å². The van der Waals surface area contributed by atoms with Crippen LogP contribution in [0.4, 0.5) is 11.4 Å². The van der Waals surface area contributed by atoms with Crippen molar-refractivity contribution in [2.75, 3.05) is 22.9 Å². The van der Waals surface area contributed by atoms with Gasteiger partial charge in [-0.15, -0.1) is 0 Å². The molecule has 4 N–H and O–H groups in total. The van der Waals surface area contributed by atoms with Gasteiger partial charge in [-0.3, -0.25) is 9.29 Å². The number of nitrogens with zero attached hydrogens (tertiary/aromatic N) is 2. The molecule has 1 atom stereocenters. The average molecular weight is 575 g/mol. The number of hydrogen-bond donors (Lipinski definition) is 4. The summed E-state index contributed by atoms with van der Waals surface area (Å²) in [5.74, 6) is -0.365. The summed E-state index contributed by atoms with van der Waals surface area (Å²) in [5.41, 5.74) is 2.02. The third-order valence-electron chi connectivity index (χ3n) is 6.25. The second kappa shape index (κ2) is 10.7. The number of fused-ring (bicyclic) bond motifs is 1. The van der Waals surface area contributed by atoms with E-state index in [0.717, 1.165) is 18.2 Å². The summed E-state index contributed by atoms with van der Waals surface area (Å²) in [6.07, 6.45) is 2.11. The van der Waals surface area contributed by atoms with E-state index in [1.165, 1.54) is 12.1 Å². The van der Waals surface area contributed by atoms with Crippen molar-refractivity contribution in [3.8, 4) is 11.6 Å². The van der Waals surface area contributed by atoms with Crippen LogP contribution < -0.4 is 15.3 Å². The third-order valence-corrected chi connectivity index (χ3v) is 8.90. The zero-order chi connectivity index (χ0) is 28.6. The second-order valence-corrected chi connectivity index (χ2v) is 14.5. The Hall–Kier alpha value is -3.27. The molecule has 0 aliphatic carbocycles. The van der Waals surface area contributed by atoms with E-state index in [1.54, 1.807) is 17.6 Å². The van der Waals surface area contributed by atoms with Crippen molar-refractivity contribution >= 4 is 40.1 Å². The number of amidine groups is 1. The summed E-state index contributed by atoms with van der Waals surface area (Å²) in [6, 6.07) is 14.1. The van der Waals surface area contributed by atoms with Gasteiger partial charge in [-0.1, -0.05) is 51.1 Å². The molecule has 12 heteroatoms. The summed E-state index contributed by atoms with van der Waals surface area (Å²) in [5, 5.41) is 26.1. The lowest BCUT2D eigenvalue weighted by Crippen LogP contribution is -2.26. The molecule has 39 heavy (non-hydrogen) atoms. The third kappa shape index (κ3) is 6.49. The molecule has 1 aliphatic rings. The van der Waals surface area contributed by atoms with E-state index in [2.05, 4.69) is 35.6 Å². The Labute approximate surface area is 229 Å². The Morgan fingerprint density at radius 3 is 2.44 bits per heavy atom. The van der Waals surface area contributed by atoms with Crippen LogP contribution in [0.2, 0.25) is 0 Å². The predicted molar refractivity (Wildman–Crippen MR) is 155 cm³/mol. The van der Waals surface area contributed by atoms with Gasteiger partial charge in [0.2, 0.25) is 15.9 Å². The van der Waals surface area contributed by atoms with Gasteiger partial charge in [0.1, 0.15) is 5.56 Å². The first-order chi connectivity index (χ1) is 18.2. The van der Waals surface area contributed by atoms with Crippen LogP contribution in [-0.2, 0) is 32.1 Å². The lowest BCUT2D eigenvalue weighted by atomic mass is 9.92. The Kier molecular flexibility index (Phi) is 7.89. The molecule has 0 spiro atoms. The maximum atomic E-state index is 14.0. The largest absolute Gasteiger partial charge is 0.505 e. The number of sulfonamides is 1. The van der Waals surface area contributed by atoms with Crippen LogP contribution in [0.1, 0.15) is 50.9 Å². The van der Waals surface area contributed by atoms with Crippen molar-refractivity contribution < 1.29 is 27.7 Å². The van der Waals surface area contributed by atoms with Gasteiger partial charge in [-0.05, 0) is 42.5 Å². The van der Waals surface area contributed by atoms with E-state index in [1.807, 2.05) is 30.3 Å². The van der Waals surface area contributed by atoms with Gasteiger partial charge in [-0.2, -0.15) is 4.76 Å². The zero-order valence-electron chi connectivity index (χ0n) is 22.7. The molecule has 1 aromatic heterocycles. The monoisotopic (exact) mass is 574 g/mol. The highest BCUT2D eigenvalue weighted by molar-refractivity contribution is 7.92. The smallest absolute Gasteiger partial charge is 0.348 e. The van der Waals surface area contributed by atoms with E-state index in [9.17, 15) is 23.2 Å². The van der Waals surface area contributed by atoms with Gasteiger partial charge in [0.25, 0.3) is 0 Å². The quantitative estimate of drug-likeness (QED) is 0.263. The van der Waals surface area contributed by atoms with Crippen LogP contribution in [0.15, 0.2) is 53.3 Å². The minimum Gasteiger partial charge on any atom is -0.505 e. The van der Waals surface area contributed by atoms with Crippen molar-refractivity contribution in [2.24, 2.45) is 10.2 Å². The van der Waals surface area contributed by atoms with Crippen molar-refractivity contribution in [3.63, 3.8) is 0 Å². The molecule has 1 unspecified atom stereocenters. The summed E-state index contributed by atoms with van der Waals surface area (Å²) in [4.78, 5) is 0. The molecule has 4 rings (SSSR count). The van der Waals surface area contributed by atoms with Gasteiger partial charge in [0.05, 0.1) is 29.5 Å². The van der Waals surface area contributed by atoms with Gasteiger partial charge in [-0.25, -0.2) is 8.42 Å². The fourth-order valence-corrected chi connectivity index (χ4v) is 6.75. The molecule has 210 valence electrons. The minimum atomic E-state index is -3.91. The number of aromatic hydroxyl groups is 2. The highest BCUT2D eigenvalue weighted by Crippen LogP contribution is 2.53. The Morgan fingerprint density at radius 2 is 1.82 bits per heavy atom. The molecule has 0 fully saturated rings.